The fourth-order valence-electron chi connectivity index (χ4n) is 2.01. The van der Waals surface area contributed by atoms with Crippen molar-refractivity contribution in [1.82, 2.24) is 4.98 Å². The molecule has 2 heterocycles. The fraction of sp³-hybridized carbons (Fsp3) is 0.214. The molecule has 3 nitrogen and oxygen atoms in total. The lowest BCUT2D eigenvalue weighted by atomic mass is 10.1. The van der Waals surface area contributed by atoms with E-state index in [9.17, 15) is 0 Å². The van der Waals surface area contributed by atoms with Crippen LogP contribution in [0.5, 0.6) is 5.75 Å². The number of pyridine rings is 1. The predicted octanol–water partition coefficient (Wildman–Crippen LogP) is 2.63. The zero-order valence-electron chi connectivity index (χ0n) is 9.52. The number of nitrogens with zero attached hydrogens (tertiary/aromatic N) is 1. The molecule has 1 aromatic heterocycles. The molecule has 0 atom stereocenters. The number of fused-ring (bicyclic) bond motifs is 1. The van der Waals surface area contributed by atoms with Crippen LogP contribution in [0.3, 0.4) is 0 Å². The van der Waals surface area contributed by atoms with Gasteiger partial charge in [-0.3, -0.25) is 4.98 Å². The van der Waals surface area contributed by atoms with Gasteiger partial charge < -0.3 is 10.1 Å². The highest BCUT2D eigenvalue weighted by Crippen LogP contribution is 2.27. The maximum absolute atomic E-state index is 5.75. The van der Waals surface area contributed by atoms with Gasteiger partial charge in [0, 0.05) is 30.7 Å². The van der Waals surface area contributed by atoms with Gasteiger partial charge in [0.2, 0.25) is 0 Å². The van der Waals surface area contributed by atoms with Crippen molar-refractivity contribution in [2.45, 2.75) is 13.0 Å². The molecule has 1 aliphatic heterocycles. The molecule has 0 unspecified atom stereocenters. The second-order valence-electron chi connectivity index (χ2n) is 4.14. The van der Waals surface area contributed by atoms with Crippen LogP contribution in [0, 0.1) is 0 Å². The van der Waals surface area contributed by atoms with Crippen LogP contribution in [0.4, 0.5) is 5.69 Å². The number of hydrogen-bond donors (Lipinski definition) is 1. The Kier molecular flexibility index (Phi) is 2.66. The topological polar surface area (TPSA) is 34.1 Å². The van der Waals surface area contributed by atoms with Crippen LogP contribution in [-0.2, 0) is 13.0 Å². The average Bonchev–Trinajstić information content (AvgIpc) is 2.85. The van der Waals surface area contributed by atoms with Crippen molar-refractivity contribution >= 4 is 5.69 Å². The summed E-state index contributed by atoms with van der Waals surface area (Å²) in [6.45, 7) is 1.62. The molecule has 0 aliphatic carbocycles. The van der Waals surface area contributed by atoms with E-state index in [1.54, 1.807) is 12.4 Å². The first-order valence-electron chi connectivity index (χ1n) is 5.80. The van der Waals surface area contributed by atoms with E-state index < -0.39 is 0 Å². The Balaban J connectivity index is 1.70. The SMILES string of the molecule is c1cc(COc2ccc3c(c2)NCC3)ccn1. The van der Waals surface area contributed by atoms with Gasteiger partial charge in [0.05, 0.1) is 0 Å². The van der Waals surface area contributed by atoms with E-state index in [2.05, 4.69) is 22.4 Å². The third-order valence-electron chi connectivity index (χ3n) is 2.95. The number of nitrogens with one attached hydrogen (secondary N) is 1. The molecule has 0 spiro atoms. The van der Waals surface area contributed by atoms with Crippen LogP contribution >= 0.6 is 0 Å². The van der Waals surface area contributed by atoms with E-state index in [1.165, 1.54) is 11.3 Å². The van der Waals surface area contributed by atoms with Gasteiger partial charge in [-0.25, -0.2) is 0 Å². The van der Waals surface area contributed by atoms with E-state index in [4.69, 9.17) is 4.74 Å². The Morgan fingerprint density at radius 1 is 1.18 bits per heavy atom. The molecule has 0 saturated carbocycles. The summed E-state index contributed by atoms with van der Waals surface area (Å²) in [5.41, 5.74) is 3.71. The van der Waals surface area contributed by atoms with Gasteiger partial charge in [-0.2, -0.15) is 0 Å². The smallest absolute Gasteiger partial charge is 0.121 e. The quantitative estimate of drug-likeness (QED) is 0.873. The van der Waals surface area contributed by atoms with E-state index in [0.717, 1.165) is 24.3 Å². The van der Waals surface area contributed by atoms with Gasteiger partial charge in [-0.05, 0) is 35.7 Å². The summed E-state index contributed by atoms with van der Waals surface area (Å²) in [5, 5.41) is 3.35. The Labute approximate surface area is 100 Å². The highest BCUT2D eigenvalue weighted by atomic mass is 16.5. The molecule has 0 saturated heterocycles. The maximum atomic E-state index is 5.75. The maximum Gasteiger partial charge on any atom is 0.121 e. The zero-order valence-corrected chi connectivity index (χ0v) is 9.52. The lowest BCUT2D eigenvalue weighted by molar-refractivity contribution is 0.306. The van der Waals surface area contributed by atoms with Gasteiger partial charge in [-0.15, -0.1) is 0 Å². The van der Waals surface area contributed by atoms with Gasteiger partial charge in [0.15, 0.2) is 0 Å². The number of hydrogen-bond acceptors (Lipinski definition) is 3. The summed E-state index contributed by atoms with van der Waals surface area (Å²) < 4.78 is 5.75. The van der Waals surface area contributed by atoms with Crippen molar-refractivity contribution < 1.29 is 4.74 Å². The first kappa shape index (κ1) is 10.1. The lowest BCUT2D eigenvalue weighted by Gasteiger charge is -2.08. The fourth-order valence-corrected chi connectivity index (χ4v) is 2.01. The zero-order chi connectivity index (χ0) is 11.5. The van der Waals surface area contributed by atoms with Crippen molar-refractivity contribution in [1.29, 1.82) is 0 Å². The Hall–Kier alpha value is -2.03. The van der Waals surface area contributed by atoms with E-state index >= 15 is 0 Å². The molecule has 1 N–H and O–H groups in total. The van der Waals surface area contributed by atoms with Crippen LogP contribution in [0.15, 0.2) is 42.7 Å². The molecule has 17 heavy (non-hydrogen) atoms. The minimum atomic E-state index is 0.585. The summed E-state index contributed by atoms with van der Waals surface area (Å²) in [6, 6.07) is 10.2. The Morgan fingerprint density at radius 3 is 2.94 bits per heavy atom. The van der Waals surface area contributed by atoms with Crippen LogP contribution in [0.2, 0.25) is 0 Å². The minimum Gasteiger partial charge on any atom is -0.489 e. The Bertz CT molecular complexity index is 511. The van der Waals surface area contributed by atoms with Gasteiger partial charge >= 0.3 is 0 Å². The summed E-state index contributed by atoms with van der Waals surface area (Å²) >= 11 is 0. The molecule has 3 rings (SSSR count). The second kappa shape index (κ2) is 4.45. The molecule has 86 valence electrons. The Morgan fingerprint density at radius 2 is 2.06 bits per heavy atom. The first-order valence-corrected chi connectivity index (χ1v) is 5.80. The molecule has 1 aromatic carbocycles. The third-order valence-corrected chi connectivity index (χ3v) is 2.95. The lowest BCUT2D eigenvalue weighted by Crippen LogP contribution is -1.96. The molecule has 2 aromatic rings. The summed E-state index contributed by atoms with van der Waals surface area (Å²) in [4.78, 5) is 3.98. The summed E-state index contributed by atoms with van der Waals surface area (Å²) in [7, 11) is 0. The highest BCUT2D eigenvalue weighted by Gasteiger charge is 2.10. The molecule has 0 bridgehead atoms. The van der Waals surface area contributed by atoms with Crippen LogP contribution < -0.4 is 10.1 Å². The monoisotopic (exact) mass is 226 g/mol. The number of aromatic nitrogens is 1. The second-order valence-corrected chi connectivity index (χ2v) is 4.14. The number of anilines is 1. The molecule has 3 heteroatoms. The normalized spacial score (nSPS) is 12.9. The predicted molar refractivity (Wildman–Crippen MR) is 67.2 cm³/mol. The first-order chi connectivity index (χ1) is 8.42. The standard InChI is InChI=1S/C14H14N2O/c1-2-13(9-14-12(1)5-8-16-14)17-10-11-3-6-15-7-4-11/h1-4,6-7,9,16H,5,8,10H2. The van der Waals surface area contributed by atoms with E-state index in [1.807, 2.05) is 18.2 Å². The molecular weight excluding hydrogens is 212 g/mol. The average molecular weight is 226 g/mol. The number of benzene rings is 1. The highest BCUT2D eigenvalue weighted by molar-refractivity contribution is 5.58. The van der Waals surface area contributed by atoms with Crippen molar-refractivity contribution in [3.63, 3.8) is 0 Å². The summed E-state index contributed by atoms with van der Waals surface area (Å²) in [5.74, 6) is 0.912. The van der Waals surface area contributed by atoms with Crippen molar-refractivity contribution in [3.05, 3.63) is 53.9 Å². The van der Waals surface area contributed by atoms with Crippen molar-refractivity contribution in [2.75, 3.05) is 11.9 Å². The van der Waals surface area contributed by atoms with Gasteiger partial charge in [-0.1, -0.05) is 6.07 Å². The van der Waals surface area contributed by atoms with Crippen LogP contribution in [-0.4, -0.2) is 11.5 Å². The van der Waals surface area contributed by atoms with Gasteiger partial charge in [0.1, 0.15) is 12.4 Å². The molecule has 0 amide bonds. The van der Waals surface area contributed by atoms with E-state index in [-0.39, 0.29) is 0 Å². The van der Waals surface area contributed by atoms with Crippen LogP contribution in [0.1, 0.15) is 11.1 Å². The largest absolute Gasteiger partial charge is 0.489 e. The van der Waals surface area contributed by atoms with Gasteiger partial charge in [0.25, 0.3) is 0 Å². The number of rotatable bonds is 3. The molecule has 0 radical (unpaired) electrons. The van der Waals surface area contributed by atoms with Crippen LogP contribution in [0.25, 0.3) is 0 Å². The third kappa shape index (κ3) is 2.23. The molecular formula is C14H14N2O. The minimum absolute atomic E-state index is 0.585. The summed E-state index contributed by atoms with van der Waals surface area (Å²) in [6.07, 6.45) is 4.67. The molecule has 0 fully saturated rings. The van der Waals surface area contributed by atoms with Crippen molar-refractivity contribution in [3.8, 4) is 5.75 Å². The van der Waals surface area contributed by atoms with Crippen molar-refractivity contribution in [2.24, 2.45) is 0 Å². The van der Waals surface area contributed by atoms with E-state index in [0.29, 0.717) is 6.61 Å². The molecule has 1 aliphatic rings. The number of ether oxygens (including phenoxy) is 1.